The fourth-order valence-electron chi connectivity index (χ4n) is 4.75. The highest BCUT2D eigenvalue weighted by molar-refractivity contribution is 5.91. The average molecular weight is 609 g/mol. The second-order valence-corrected chi connectivity index (χ2v) is 10.8. The SMILES string of the molecule is C[C@@H]1CN([C@H](C)CO)C(=O)Cc2cc(NC(=O)CCC(F)(F)F)ccc2O[C@@H]1CN(C)C(=O)Nc1ccc2c(c1)OCO2. The number of hydrogen-bond donors (Lipinski definition) is 3. The molecule has 0 fully saturated rings. The molecule has 2 aliphatic rings. The predicted molar refractivity (Wildman–Crippen MR) is 150 cm³/mol. The molecular weight excluding hydrogens is 573 g/mol. The number of carbonyl (C=O) groups is 3. The van der Waals surface area contributed by atoms with E-state index in [4.69, 9.17) is 14.2 Å². The topological polar surface area (TPSA) is 130 Å². The van der Waals surface area contributed by atoms with Crippen molar-refractivity contribution in [3.63, 3.8) is 0 Å². The van der Waals surface area contributed by atoms with Gasteiger partial charge in [-0.2, -0.15) is 13.2 Å². The number of hydrogen-bond acceptors (Lipinski definition) is 7. The molecule has 0 bridgehead atoms. The number of halogens is 3. The van der Waals surface area contributed by atoms with Gasteiger partial charge >= 0.3 is 12.2 Å². The monoisotopic (exact) mass is 608 g/mol. The van der Waals surface area contributed by atoms with Gasteiger partial charge in [-0.3, -0.25) is 9.59 Å². The van der Waals surface area contributed by atoms with Crippen LogP contribution >= 0.6 is 0 Å². The zero-order valence-corrected chi connectivity index (χ0v) is 24.1. The molecule has 2 aromatic carbocycles. The van der Waals surface area contributed by atoms with Gasteiger partial charge in [0, 0.05) is 48.9 Å². The first-order valence-electron chi connectivity index (χ1n) is 13.8. The lowest BCUT2D eigenvalue weighted by Gasteiger charge is -2.34. The number of anilines is 2. The van der Waals surface area contributed by atoms with Gasteiger partial charge in [0.2, 0.25) is 18.6 Å². The van der Waals surface area contributed by atoms with E-state index in [-0.39, 0.29) is 50.4 Å². The molecule has 14 heteroatoms. The highest BCUT2D eigenvalue weighted by Crippen LogP contribution is 2.34. The number of aliphatic hydroxyl groups excluding tert-OH is 1. The van der Waals surface area contributed by atoms with Crippen molar-refractivity contribution >= 4 is 29.2 Å². The standard InChI is InChI=1S/C29H35F3N4O7/c1-17-13-36(18(2)15-37)27(39)11-19-10-20(33-26(38)8-9-29(30,31)32)4-6-22(19)43-25(17)14-35(3)28(40)34-21-5-7-23-24(12-21)42-16-41-23/h4-7,10,12,17-18,25,37H,8-9,11,13-16H2,1-3H3,(H,33,38)(H,34,40)/t17-,18-,25-/m1/s1. The summed E-state index contributed by atoms with van der Waals surface area (Å²) in [6.07, 6.45) is -7.19. The lowest BCUT2D eigenvalue weighted by molar-refractivity contribution is -0.142. The molecule has 4 amide bonds. The number of urea groups is 1. The number of likely N-dealkylation sites (N-methyl/N-ethyl adjacent to an activating group) is 1. The number of alkyl halides is 3. The van der Waals surface area contributed by atoms with Gasteiger partial charge in [-0.1, -0.05) is 6.92 Å². The maximum atomic E-state index is 13.3. The van der Waals surface area contributed by atoms with E-state index < -0.39 is 43.1 Å². The molecule has 2 aliphatic heterocycles. The Kier molecular flexibility index (Phi) is 9.89. The van der Waals surface area contributed by atoms with Crippen LogP contribution in [-0.2, 0) is 16.0 Å². The van der Waals surface area contributed by atoms with Crippen molar-refractivity contribution in [3.8, 4) is 17.2 Å². The number of aliphatic hydroxyl groups is 1. The minimum atomic E-state index is -4.46. The predicted octanol–water partition coefficient (Wildman–Crippen LogP) is 4.01. The fraction of sp³-hybridized carbons (Fsp3) is 0.483. The molecule has 0 aromatic heterocycles. The van der Waals surface area contributed by atoms with Crippen LogP contribution in [0.1, 0.15) is 32.3 Å². The van der Waals surface area contributed by atoms with E-state index in [1.165, 1.54) is 21.9 Å². The van der Waals surface area contributed by atoms with Crippen LogP contribution in [0, 0.1) is 5.92 Å². The molecule has 234 valence electrons. The Balaban J connectivity index is 1.53. The smallest absolute Gasteiger partial charge is 0.389 e. The van der Waals surface area contributed by atoms with Gasteiger partial charge in [0.15, 0.2) is 11.5 Å². The van der Waals surface area contributed by atoms with Crippen LogP contribution in [0.25, 0.3) is 0 Å². The highest BCUT2D eigenvalue weighted by Gasteiger charge is 2.32. The number of amides is 4. The molecule has 0 saturated heterocycles. The van der Waals surface area contributed by atoms with Crippen molar-refractivity contribution in [1.82, 2.24) is 9.80 Å². The molecule has 0 spiro atoms. The number of ether oxygens (including phenoxy) is 3. The van der Waals surface area contributed by atoms with Crippen molar-refractivity contribution in [2.75, 3.05) is 44.2 Å². The molecular formula is C29H35F3N4O7. The minimum absolute atomic E-state index is 0.103. The van der Waals surface area contributed by atoms with Gasteiger partial charge in [-0.15, -0.1) is 0 Å². The Bertz CT molecular complexity index is 1340. The van der Waals surface area contributed by atoms with Gasteiger partial charge in [-0.25, -0.2) is 4.79 Å². The summed E-state index contributed by atoms with van der Waals surface area (Å²) in [4.78, 5) is 41.5. The van der Waals surface area contributed by atoms with E-state index in [0.717, 1.165) is 0 Å². The van der Waals surface area contributed by atoms with Crippen molar-refractivity contribution in [1.29, 1.82) is 0 Å². The van der Waals surface area contributed by atoms with Crippen LogP contribution in [0.4, 0.5) is 29.3 Å². The summed E-state index contributed by atoms with van der Waals surface area (Å²) in [6.45, 7) is 3.77. The molecule has 0 aliphatic carbocycles. The van der Waals surface area contributed by atoms with E-state index in [1.54, 1.807) is 38.2 Å². The molecule has 2 heterocycles. The molecule has 3 atom stereocenters. The number of benzene rings is 2. The second-order valence-electron chi connectivity index (χ2n) is 10.8. The van der Waals surface area contributed by atoms with Gasteiger partial charge in [-0.05, 0) is 37.3 Å². The zero-order valence-electron chi connectivity index (χ0n) is 24.1. The van der Waals surface area contributed by atoms with Gasteiger partial charge < -0.3 is 39.8 Å². The van der Waals surface area contributed by atoms with E-state index in [9.17, 15) is 32.7 Å². The number of nitrogens with zero attached hydrogens (tertiary/aromatic N) is 2. The first-order chi connectivity index (χ1) is 20.3. The maximum absolute atomic E-state index is 13.3. The minimum Gasteiger partial charge on any atom is -0.488 e. The van der Waals surface area contributed by atoms with Gasteiger partial charge in [0.1, 0.15) is 11.9 Å². The van der Waals surface area contributed by atoms with Crippen molar-refractivity contribution in [2.45, 2.75) is 51.4 Å². The van der Waals surface area contributed by atoms with Gasteiger partial charge in [0.25, 0.3) is 0 Å². The van der Waals surface area contributed by atoms with Crippen LogP contribution in [0.5, 0.6) is 17.2 Å². The summed E-state index contributed by atoms with van der Waals surface area (Å²) >= 11 is 0. The summed E-state index contributed by atoms with van der Waals surface area (Å²) in [7, 11) is 1.60. The number of fused-ring (bicyclic) bond motifs is 2. The Hall–Kier alpha value is -4.20. The third-order valence-corrected chi connectivity index (χ3v) is 7.26. The van der Waals surface area contributed by atoms with Crippen LogP contribution < -0.4 is 24.8 Å². The van der Waals surface area contributed by atoms with Crippen molar-refractivity contribution < 1.29 is 46.9 Å². The molecule has 2 aromatic rings. The summed E-state index contributed by atoms with van der Waals surface area (Å²) in [6, 6.07) is 8.63. The van der Waals surface area contributed by atoms with E-state index in [2.05, 4.69) is 10.6 Å². The summed E-state index contributed by atoms with van der Waals surface area (Å²) in [5.74, 6) is 0.0353. The fourth-order valence-corrected chi connectivity index (χ4v) is 4.75. The van der Waals surface area contributed by atoms with Crippen molar-refractivity contribution in [2.24, 2.45) is 5.92 Å². The first-order valence-corrected chi connectivity index (χ1v) is 13.8. The molecule has 0 radical (unpaired) electrons. The Labute approximate surface area is 246 Å². The summed E-state index contributed by atoms with van der Waals surface area (Å²) in [5.41, 5.74) is 1.13. The Morgan fingerprint density at radius 2 is 1.77 bits per heavy atom. The van der Waals surface area contributed by atoms with E-state index in [1.807, 2.05) is 6.92 Å². The van der Waals surface area contributed by atoms with E-state index in [0.29, 0.717) is 28.5 Å². The molecule has 11 nitrogen and oxygen atoms in total. The normalized spacial score (nSPS) is 18.9. The van der Waals surface area contributed by atoms with Crippen LogP contribution in [-0.4, -0.2) is 84.6 Å². The maximum Gasteiger partial charge on any atom is 0.389 e. The third kappa shape index (κ3) is 8.43. The first kappa shape index (κ1) is 31.7. The number of carbonyl (C=O) groups excluding carboxylic acids is 3. The summed E-state index contributed by atoms with van der Waals surface area (Å²) in [5, 5.41) is 15.1. The molecule has 43 heavy (non-hydrogen) atoms. The lowest BCUT2D eigenvalue weighted by Crippen LogP contribution is -2.48. The molecule has 0 saturated carbocycles. The zero-order chi connectivity index (χ0) is 31.3. The largest absolute Gasteiger partial charge is 0.488 e. The molecule has 4 rings (SSSR count). The third-order valence-electron chi connectivity index (χ3n) is 7.26. The second kappa shape index (κ2) is 13.4. The van der Waals surface area contributed by atoms with Crippen LogP contribution in [0.3, 0.4) is 0 Å². The number of nitrogens with one attached hydrogen (secondary N) is 2. The van der Waals surface area contributed by atoms with Crippen LogP contribution in [0.2, 0.25) is 0 Å². The van der Waals surface area contributed by atoms with Gasteiger partial charge in [0.05, 0.1) is 32.0 Å². The average Bonchev–Trinajstić information content (AvgIpc) is 3.43. The number of rotatable bonds is 8. The van der Waals surface area contributed by atoms with Crippen LogP contribution in [0.15, 0.2) is 36.4 Å². The Morgan fingerprint density at radius 1 is 1.09 bits per heavy atom. The van der Waals surface area contributed by atoms with Crippen molar-refractivity contribution in [3.05, 3.63) is 42.0 Å². The summed E-state index contributed by atoms with van der Waals surface area (Å²) < 4.78 is 54.7. The lowest BCUT2D eigenvalue weighted by atomic mass is 10.0. The van der Waals surface area contributed by atoms with E-state index >= 15 is 0 Å². The molecule has 0 unspecified atom stereocenters. The Morgan fingerprint density at radius 3 is 2.47 bits per heavy atom. The molecule has 3 N–H and O–H groups in total. The quantitative estimate of drug-likeness (QED) is 0.413. The highest BCUT2D eigenvalue weighted by atomic mass is 19.4.